The molecule has 3 N–H and O–H groups in total. The summed E-state index contributed by atoms with van der Waals surface area (Å²) >= 11 is 5.96. The molecule has 38 heavy (non-hydrogen) atoms. The van der Waals surface area contributed by atoms with E-state index in [1.807, 2.05) is 6.92 Å². The number of nitrogens with two attached hydrogens (primary N) is 1. The topological polar surface area (TPSA) is 129 Å². The first-order chi connectivity index (χ1) is 18.0. The maximum Gasteiger partial charge on any atom is 0.586 e. The molecule has 0 spiro atoms. The van der Waals surface area contributed by atoms with Crippen molar-refractivity contribution in [1.29, 1.82) is 0 Å². The fourth-order valence-corrected chi connectivity index (χ4v) is 4.39. The van der Waals surface area contributed by atoms with E-state index in [0.717, 1.165) is 5.56 Å². The minimum Gasteiger partial charge on any atom is -0.483 e. The van der Waals surface area contributed by atoms with Crippen molar-refractivity contribution in [2.24, 2.45) is 10.9 Å². The summed E-state index contributed by atoms with van der Waals surface area (Å²) in [5.41, 5.74) is 7.63. The van der Waals surface area contributed by atoms with E-state index in [-0.39, 0.29) is 56.3 Å². The van der Waals surface area contributed by atoms with Gasteiger partial charge in [-0.15, -0.1) is 8.78 Å². The Labute approximate surface area is 219 Å². The van der Waals surface area contributed by atoms with Crippen LogP contribution in [0.5, 0.6) is 17.2 Å². The number of aromatic nitrogens is 1. The molecule has 0 bridgehead atoms. The van der Waals surface area contributed by atoms with Gasteiger partial charge in [-0.1, -0.05) is 16.8 Å². The normalized spacial score (nSPS) is 15.1. The van der Waals surface area contributed by atoms with Crippen molar-refractivity contribution in [2.75, 3.05) is 0 Å². The Bertz CT molecular complexity index is 1690. The number of benzene rings is 2. The molecule has 9 nitrogen and oxygen atoms in total. The molecule has 0 saturated heterocycles. The first-order valence-electron chi connectivity index (χ1n) is 11.3. The monoisotopic (exact) mass is 543 g/mol. The Morgan fingerprint density at radius 3 is 2.63 bits per heavy atom. The summed E-state index contributed by atoms with van der Waals surface area (Å²) in [6, 6.07) is 10.6. The second-order valence-corrected chi connectivity index (χ2v) is 9.06. The number of nitrogens with zero attached hydrogens (tertiary/aromatic N) is 2. The Hall–Kier alpha value is -4.38. The number of hydrogen-bond acceptors (Lipinski definition) is 8. The zero-order chi connectivity index (χ0) is 27.4. The fraction of sp³-hybridized carbons (Fsp3) is 0.192. The molecule has 2 aromatic heterocycles. The van der Waals surface area contributed by atoms with Crippen molar-refractivity contribution in [2.45, 2.75) is 33.2 Å². The number of amidine groups is 1. The molecule has 12 heteroatoms. The Morgan fingerprint density at radius 2 is 1.89 bits per heavy atom. The first-order valence-corrected chi connectivity index (χ1v) is 11.6. The number of fused-ring (bicyclic) bond motifs is 2. The van der Waals surface area contributed by atoms with Crippen LogP contribution in [-0.2, 0) is 0 Å². The number of hydrogen-bond donors (Lipinski definition) is 2. The third kappa shape index (κ3) is 4.45. The number of rotatable bonds is 5. The molecule has 0 unspecified atom stereocenters. The summed E-state index contributed by atoms with van der Waals surface area (Å²) in [5, 5.41) is 12.5. The second-order valence-electron chi connectivity index (χ2n) is 8.67. The first kappa shape index (κ1) is 25.3. The van der Waals surface area contributed by atoms with E-state index in [1.54, 1.807) is 26.0 Å². The van der Waals surface area contributed by atoms with E-state index in [1.165, 1.54) is 30.3 Å². The molecule has 2 aromatic carbocycles. The van der Waals surface area contributed by atoms with Crippen LogP contribution in [0.15, 0.2) is 56.8 Å². The van der Waals surface area contributed by atoms with Gasteiger partial charge >= 0.3 is 6.29 Å². The summed E-state index contributed by atoms with van der Waals surface area (Å²) in [7, 11) is 0. The molecule has 0 aliphatic carbocycles. The summed E-state index contributed by atoms with van der Waals surface area (Å²) < 4.78 is 48.4. The average Bonchev–Trinajstić information content (AvgIpc) is 3.19. The van der Waals surface area contributed by atoms with Gasteiger partial charge in [0.05, 0.1) is 5.39 Å². The van der Waals surface area contributed by atoms with Crippen molar-refractivity contribution >= 4 is 28.4 Å². The van der Waals surface area contributed by atoms with Crippen LogP contribution in [0.2, 0.25) is 5.15 Å². The summed E-state index contributed by atoms with van der Waals surface area (Å²) in [6.45, 7) is 5.13. The highest BCUT2D eigenvalue weighted by molar-refractivity contribution is 6.29. The minimum absolute atomic E-state index is 0.0268. The van der Waals surface area contributed by atoms with Gasteiger partial charge in [-0.2, -0.15) is 0 Å². The van der Waals surface area contributed by atoms with Crippen molar-refractivity contribution in [1.82, 2.24) is 4.98 Å². The fourth-order valence-electron chi connectivity index (χ4n) is 4.24. The third-order valence-electron chi connectivity index (χ3n) is 5.97. The molecule has 1 aliphatic rings. The highest BCUT2D eigenvalue weighted by Crippen LogP contribution is 2.43. The molecule has 0 saturated carbocycles. The highest BCUT2D eigenvalue weighted by Gasteiger charge is 2.43. The SMILES string of the molecule is Cc1cc([C@@H](C)Oc2ccc(Cl)nc2C(N)=NO)c2oc(-c3ccc4c(c3)OC(F)(F)O4)c(C)c(=O)c2c1. The van der Waals surface area contributed by atoms with E-state index in [2.05, 4.69) is 19.6 Å². The Morgan fingerprint density at radius 1 is 1.16 bits per heavy atom. The average molecular weight is 544 g/mol. The number of alkyl halides is 2. The van der Waals surface area contributed by atoms with Gasteiger partial charge in [-0.25, -0.2) is 4.98 Å². The van der Waals surface area contributed by atoms with Gasteiger partial charge in [0.2, 0.25) is 0 Å². The van der Waals surface area contributed by atoms with E-state index in [0.29, 0.717) is 16.5 Å². The molecule has 3 heterocycles. The molecule has 0 fully saturated rings. The molecule has 0 amide bonds. The number of aryl methyl sites for hydroxylation is 1. The molecule has 196 valence electrons. The van der Waals surface area contributed by atoms with Crippen molar-refractivity contribution < 1.29 is 32.6 Å². The summed E-state index contributed by atoms with van der Waals surface area (Å²) in [6.07, 6.45) is -4.49. The smallest absolute Gasteiger partial charge is 0.483 e. The molecular formula is C26H20ClF2N3O6. The van der Waals surface area contributed by atoms with E-state index >= 15 is 0 Å². The number of pyridine rings is 1. The predicted octanol–water partition coefficient (Wildman–Crippen LogP) is 5.68. The maximum absolute atomic E-state index is 13.5. The van der Waals surface area contributed by atoms with E-state index < -0.39 is 12.4 Å². The Kier molecular flexibility index (Phi) is 6.10. The molecule has 4 aromatic rings. The van der Waals surface area contributed by atoms with E-state index in [9.17, 15) is 13.6 Å². The summed E-state index contributed by atoms with van der Waals surface area (Å²) in [4.78, 5) is 17.5. The van der Waals surface area contributed by atoms with E-state index in [4.69, 9.17) is 31.7 Å². The van der Waals surface area contributed by atoms with Crippen molar-refractivity contribution in [3.63, 3.8) is 0 Å². The highest BCUT2D eigenvalue weighted by atomic mass is 35.5. The van der Waals surface area contributed by atoms with Gasteiger partial charge in [0.1, 0.15) is 28.3 Å². The minimum atomic E-state index is -3.78. The summed E-state index contributed by atoms with van der Waals surface area (Å²) in [5.74, 6) is -0.260. The van der Waals surface area contributed by atoms with Gasteiger partial charge in [-0.3, -0.25) is 4.79 Å². The lowest BCUT2D eigenvalue weighted by Gasteiger charge is -2.19. The lowest BCUT2D eigenvalue weighted by molar-refractivity contribution is -0.286. The maximum atomic E-state index is 13.5. The van der Waals surface area contributed by atoms with Gasteiger partial charge in [0.25, 0.3) is 0 Å². The number of ether oxygens (including phenoxy) is 3. The van der Waals surface area contributed by atoms with Gasteiger partial charge in [-0.05, 0) is 68.8 Å². The standard InChI is InChI=1S/C26H20ClF2N3O6/c1-11-8-15(13(3)35-18-6-7-20(27)31-21(18)25(30)32-34)24-16(9-11)22(33)12(2)23(36-24)14-4-5-17-19(10-14)38-26(28,29)37-17/h4-10,13,34H,1-3H3,(H2,30,32)/t13-/m1/s1. The second kappa shape index (κ2) is 9.18. The zero-order valence-corrected chi connectivity index (χ0v) is 21.0. The van der Waals surface area contributed by atoms with Gasteiger partial charge in [0.15, 0.2) is 28.5 Å². The number of halogens is 3. The van der Waals surface area contributed by atoms with Gasteiger partial charge in [0, 0.05) is 16.7 Å². The molecular weight excluding hydrogens is 524 g/mol. The van der Waals surface area contributed by atoms with Crippen LogP contribution in [0, 0.1) is 13.8 Å². The van der Waals surface area contributed by atoms with Crippen LogP contribution in [0.4, 0.5) is 8.78 Å². The Balaban J connectivity index is 1.63. The quantitative estimate of drug-likeness (QED) is 0.108. The number of oxime groups is 1. The van der Waals surface area contributed by atoms with Crippen molar-refractivity contribution in [3.05, 3.63) is 80.2 Å². The third-order valence-corrected chi connectivity index (χ3v) is 6.18. The van der Waals surface area contributed by atoms with Crippen LogP contribution in [-0.4, -0.2) is 22.3 Å². The van der Waals surface area contributed by atoms with Crippen LogP contribution < -0.4 is 25.4 Å². The van der Waals surface area contributed by atoms with Crippen LogP contribution in [0.1, 0.15) is 35.4 Å². The molecule has 5 rings (SSSR count). The van der Waals surface area contributed by atoms with Crippen LogP contribution in [0.25, 0.3) is 22.3 Å². The molecule has 1 atom stereocenters. The molecule has 0 radical (unpaired) electrons. The largest absolute Gasteiger partial charge is 0.586 e. The van der Waals surface area contributed by atoms with Crippen molar-refractivity contribution in [3.8, 4) is 28.6 Å². The zero-order valence-electron chi connectivity index (χ0n) is 20.2. The lowest BCUT2D eigenvalue weighted by Crippen LogP contribution is -2.25. The van der Waals surface area contributed by atoms with Crippen LogP contribution >= 0.6 is 11.6 Å². The van der Waals surface area contributed by atoms with Gasteiger partial charge < -0.3 is 29.6 Å². The predicted molar refractivity (Wildman–Crippen MR) is 134 cm³/mol. The molecule has 1 aliphatic heterocycles. The lowest BCUT2D eigenvalue weighted by atomic mass is 10.00. The van der Waals surface area contributed by atoms with Crippen LogP contribution in [0.3, 0.4) is 0 Å².